The maximum Gasteiger partial charge on any atom is 0.333 e. The summed E-state index contributed by atoms with van der Waals surface area (Å²) >= 11 is 0. The monoisotopic (exact) mass is 431 g/mol. The minimum Gasteiger partial charge on any atom is -0.343 e. The number of aryl methyl sites for hydroxylation is 3. The van der Waals surface area contributed by atoms with E-state index in [0.717, 1.165) is 61.4 Å². The molecule has 0 unspecified atom stereocenters. The minimum absolute atomic E-state index is 0.111. The molecule has 9 nitrogen and oxygen atoms in total. The van der Waals surface area contributed by atoms with Crippen molar-refractivity contribution in [3.05, 3.63) is 40.1 Å². The maximum absolute atomic E-state index is 12.7. The molecule has 1 heterocycles. The molecular formula is C20H25N5O4S. The molecule has 4 rings (SSSR count). The number of aromatic nitrogens is 2. The number of nitrogens with one attached hydrogen (secondary N) is 2. The normalized spacial score (nSPS) is 14.9. The highest BCUT2D eigenvalue weighted by Crippen LogP contribution is 2.38. The van der Waals surface area contributed by atoms with Crippen molar-refractivity contribution >= 4 is 27.6 Å². The van der Waals surface area contributed by atoms with E-state index in [1.807, 2.05) is 4.72 Å². The highest BCUT2D eigenvalue weighted by molar-refractivity contribution is 7.90. The number of hydrogen-bond donors (Lipinski definition) is 2. The van der Waals surface area contributed by atoms with Gasteiger partial charge in [0.25, 0.3) is 15.9 Å². The Labute approximate surface area is 175 Å². The number of sulfonamides is 1. The lowest BCUT2D eigenvalue weighted by atomic mass is 9.99. The summed E-state index contributed by atoms with van der Waals surface area (Å²) in [6, 6.07) is 2.58. The van der Waals surface area contributed by atoms with Gasteiger partial charge in [0.2, 0.25) is 0 Å². The van der Waals surface area contributed by atoms with Crippen LogP contribution in [0, 0.1) is 0 Å². The molecular weight excluding hydrogens is 406 g/mol. The molecule has 30 heavy (non-hydrogen) atoms. The second kappa shape index (κ2) is 7.42. The summed E-state index contributed by atoms with van der Waals surface area (Å²) in [4.78, 5) is 26.1. The van der Waals surface area contributed by atoms with Gasteiger partial charge >= 0.3 is 6.03 Å². The van der Waals surface area contributed by atoms with Gasteiger partial charge in [-0.3, -0.25) is 9.48 Å². The average molecular weight is 432 g/mol. The van der Waals surface area contributed by atoms with Crippen molar-refractivity contribution in [2.75, 3.05) is 19.4 Å². The number of carbonyl (C=O) groups excluding carboxylic acids is 2. The third-order valence-corrected chi connectivity index (χ3v) is 6.90. The lowest BCUT2D eigenvalue weighted by Gasteiger charge is -2.16. The van der Waals surface area contributed by atoms with Gasteiger partial charge in [0.05, 0.1) is 0 Å². The molecule has 2 N–H and O–H groups in total. The number of amides is 3. The van der Waals surface area contributed by atoms with E-state index in [9.17, 15) is 18.0 Å². The fourth-order valence-corrected chi connectivity index (χ4v) is 5.18. The Morgan fingerprint density at radius 3 is 2.20 bits per heavy atom. The number of fused-ring (bicyclic) bond motifs is 2. The van der Waals surface area contributed by atoms with Crippen LogP contribution in [-0.2, 0) is 42.8 Å². The Morgan fingerprint density at radius 1 is 1.03 bits per heavy atom. The first-order chi connectivity index (χ1) is 14.2. The number of hydrogen-bond acceptors (Lipinski definition) is 5. The molecule has 0 saturated carbocycles. The van der Waals surface area contributed by atoms with Crippen LogP contribution in [0.5, 0.6) is 0 Å². The molecule has 0 saturated heterocycles. The first-order valence-corrected chi connectivity index (χ1v) is 11.4. The topological polar surface area (TPSA) is 113 Å². The van der Waals surface area contributed by atoms with Gasteiger partial charge in [-0.2, -0.15) is 13.5 Å². The number of urea groups is 1. The number of rotatable bonds is 4. The highest BCUT2D eigenvalue weighted by atomic mass is 32.2. The van der Waals surface area contributed by atoms with Crippen LogP contribution in [0.15, 0.2) is 17.2 Å². The van der Waals surface area contributed by atoms with E-state index in [0.29, 0.717) is 0 Å². The number of benzene rings is 1. The van der Waals surface area contributed by atoms with Gasteiger partial charge in [-0.1, -0.05) is 6.07 Å². The summed E-state index contributed by atoms with van der Waals surface area (Å²) in [5.41, 5.74) is 5.57. The fraction of sp³-hybridized carbons (Fsp3) is 0.450. The second-order valence-electron chi connectivity index (χ2n) is 7.98. The molecule has 0 radical (unpaired) electrons. The smallest absolute Gasteiger partial charge is 0.333 e. The molecule has 160 valence electrons. The third kappa shape index (κ3) is 3.55. The first kappa shape index (κ1) is 20.4. The van der Waals surface area contributed by atoms with Crippen molar-refractivity contribution in [3.63, 3.8) is 0 Å². The number of carbonyl (C=O) groups is 2. The van der Waals surface area contributed by atoms with Gasteiger partial charge in [0.15, 0.2) is 5.03 Å². The van der Waals surface area contributed by atoms with Crippen molar-refractivity contribution < 1.29 is 18.0 Å². The quantitative estimate of drug-likeness (QED) is 0.764. The lowest BCUT2D eigenvalue weighted by Crippen LogP contribution is -2.35. The van der Waals surface area contributed by atoms with Gasteiger partial charge in [-0.05, 0) is 60.8 Å². The summed E-state index contributed by atoms with van der Waals surface area (Å²) in [6.07, 6.45) is 5.77. The van der Waals surface area contributed by atoms with E-state index in [-0.39, 0.29) is 16.6 Å². The molecule has 1 aromatic heterocycles. The minimum atomic E-state index is -4.23. The summed E-state index contributed by atoms with van der Waals surface area (Å²) in [6.45, 7) is 0. The maximum atomic E-state index is 12.7. The molecule has 2 aliphatic rings. The zero-order valence-corrected chi connectivity index (χ0v) is 18.1. The molecule has 0 aliphatic heterocycles. The van der Waals surface area contributed by atoms with Gasteiger partial charge in [0.1, 0.15) is 5.69 Å². The zero-order valence-electron chi connectivity index (χ0n) is 17.3. The van der Waals surface area contributed by atoms with Crippen LogP contribution in [0.2, 0.25) is 0 Å². The highest BCUT2D eigenvalue weighted by Gasteiger charge is 2.28. The van der Waals surface area contributed by atoms with Gasteiger partial charge in [0, 0.05) is 32.9 Å². The van der Waals surface area contributed by atoms with Crippen molar-refractivity contribution in [3.8, 4) is 0 Å². The summed E-state index contributed by atoms with van der Waals surface area (Å²) in [7, 11) is 0.368. The van der Waals surface area contributed by atoms with Crippen molar-refractivity contribution in [2.45, 2.75) is 43.6 Å². The average Bonchev–Trinajstić information content (AvgIpc) is 3.39. The summed E-state index contributed by atoms with van der Waals surface area (Å²) < 4.78 is 28.6. The number of anilines is 1. The van der Waals surface area contributed by atoms with Gasteiger partial charge < -0.3 is 10.2 Å². The Balaban J connectivity index is 1.57. The van der Waals surface area contributed by atoms with Gasteiger partial charge in [-0.15, -0.1) is 0 Å². The van der Waals surface area contributed by atoms with Crippen molar-refractivity contribution in [1.29, 1.82) is 0 Å². The zero-order chi connectivity index (χ0) is 21.6. The first-order valence-electron chi connectivity index (χ1n) is 9.93. The molecule has 2 aromatic rings. The molecule has 0 fully saturated rings. The largest absolute Gasteiger partial charge is 0.343 e. The van der Waals surface area contributed by atoms with E-state index >= 15 is 0 Å². The molecule has 3 amide bonds. The van der Waals surface area contributed by atoms with Crippen LogP contribution in [0.25, 0.3) is 0 Å². The summed E-state index contributed by atoms with van der Waals surface area (Å²) in [5, 5.41) is 6.31. The van der Waals surface area contributed by atoms with E-state index in [1.165, 1.54) is 27.8 Å². The Hall–Kier alpha value is -2.88. The molecule has 10 heteroatoms. The van der Waals surface area contributed by atoms with Crippen molar-refractivity contribution in [1.82, 2.24) is 19.4 Å². The standard InChI is InChI=1S/C20H25N5O4S/c1-24(2)19(26)16-11-17(22-25(16)3)30(28,29)23-20(27)21-18-14-8-4-6-12(14)10-13-7-5-9-15(13)18/h10-11H,4-9H2,1-3H3,(H2,21,23,27). The molecule has 0 spiro atoms. The van der Waals surface area contributed by atoms with Crippen LogP contribution in [0.4, 0.5) is 10.5 Å². The predicted octanol–water partition coefficient (Wildman–Crippen LogP) is 1.61. The van der Waals surface area contributed by atoms with E-state index in [2.05, 4.69) is 16.5 Å². The molecule has 2 aliphatic carbocycles. The van der Waals surface area contributed by atoms with Crippen LogP contribution in [0.3, 0.4) is 0 Å². The lowest BCUT2D eigenvalue weighted by molar-refractivity contribution is 0.0817. The van der Waals surface area contributed by atoms with Crippen LogP contribution in [0.1, 0.15) is 45.6 Å². The Kier molecular flexibility index (Phi) is 5.05. The SMILES string of the molecule is CN(C)C(=O)c1cc(S(=O)(=O)NC(=O)Nc2c3c(cc4c2CCC4)CCC3)nn1C. The van der Waals surface area contributed by atoms with Crippen LogP contribution < -0.4 is 10.0 Å². The van der Waals surface area contributed by atoms with Crippen LogP contribution >= 0.6 is 0 Å². The Bertz CT molecular complexity index is 1120. The van der Waals surface area contributed by atoms with E-state index in [1.54, 1.807) is 14.1 Å². The Morgan fingerprint density at radius 2 is 1.63 bits per heavy atom. The van der Waals surface area contributed by atoms with Crippen LogP contribution in [-0.4, -0.2) is 49.1 Å². The fourth-order valence-electron chi connectivity index (χ4n) is 4.28. The number of nitrogens with zero attached hydrogens (tertiary/aromatic N) is 3. The van der Waals surface area contributed by atoms with E-state index < -0.39 is 16.1 Å². The molecule has 1 aromatic carbocycles. The second-order valence-corrected chi connectivity index (χ2v) is 9.61. The third-order valence-electron chi connectivity index (χ3n) is 5.70. The van der Waals surface area contributed by atoms with E-state index in [4.69, 9.17) is 0 Å². The molecule has 0 bridgehead atoms. The summed E-state index contributed by atoms with van der Waals surface area (Å²) in [5.74, 6) is -0.383. The van der Waals surface area contributed by atoms with Crippen molar-refractivity contribution in [2.24, 2.45) is 7.05 Å². The van der Waals surface area contributed by atoms with Gasteiger partial charge in [-0.25, -0.2) is 9.52 Å². The molecule has 0 atom stereocenters. The predicted molar refractivity (Wildman–Crippen MR) is 111 cm³/mol.